The quantitative estimate of drug-likeness (QED) is 0.272. The van der Waals surface area contributed by atoms with Gasteiger partial charge in [0.15, 0.2) is 0 Å². The minimum Gasteiger partial charge on any atom is -0.343 e. The van der Waals surface area contributed by atoms with Gasteiger partial charge in [-0.05, 0) is 42.0 Å². The number of fused-ring (bicyclic) bond motifs is 2. The molecular weight excluding hydrogens is 409 g/mol. The van der Waals surface area contributed by atoms with Crippen molar-refractivity contribution >= 4 is 21.8 Å². The van der Waals surface area contributed by atoms with E-state index >= 15 is 13.2 Å². The minimum absolute atomic E-state index is 0.339. The smallest absolute Gasteiger partial charge is 0.343 e. The van der Waals surface area contributed by atoms with Gasteiger partial charge in [-0.3, -0.25) is 0 Å². The minimum atomic E-state index is -4.46. The van der Waals surface area contributed by atoms with Crippen molar-refractivity contribution in [2.45, 2.75) is 37.5 Å². The van der Waals surface area contributed by atoms with Crippen LogP contribution >= 0.6 is 0 Å². The highest BCUT2D eigenvalue weighted by Crippen LogP contribution is 2.62. The molecule has 164 valence electrons. The standard InChI is InChI=1S/C27H25F3N2/c1-3-15-31-17-22(20-9-5-7-11-24(20)31)26(19-13-14-19,27(28,29)30)23-18-32(16-4-2)25-12-8-6-10-21(23)25/h3-12,17-19H,1-2,13-16H2. The Kier molecular flexibility index (Phi) is 4.81. The van der Waals surface area contributed by atoms with Gasteiger partial charge in [-0.1, -0.05) is 48.6 Å². The van der Waals surface area contributed by atoms with E-state index in [0.29, 0.717) is 47.8 Å². The van der Waals surface area contributed by atoms with Crippen LogP contribution in [0.1, 0.15) is 24.0 Å². The molecule has 32 heavy (non-hydrogen) atoms. The molecule has 0 radical (unpaired) electrons. The van der Waals surface area contributed by atoms with Crippen LogP contribution in [0.25, 0.3) is 21.8 Å². The van der Waals surface area contributed by atoms with Crippen LogP contribution in [0.5, 0.6) is 0 Å². The van der Waals surface area contributed by atoms with E-state index in [1.165, 1.54) is 0 Å². The molecular formula is C27H25F3N2. The second kappa shape index (κ2) is 7.44. The van der Waals surface area contributed by atoms with Crippen LogP contribution in [0.4, 0.5) is 13.2 Å². The second-order valence-electron chi connectivity index (χ2n) is 8.58. The van der Waals surface area contributed by atoms with Crippen molar-refractivity contribution in [3.05, 3.63) is 97.4 Å². The monoisotopic (exact) mass is 434 g/mol. The van der Waals surface area contributed by atoms with E-state index in [-0.39, 0.29) is 0 Å². The third-order valence-electron chi connectivity index (χ3n) is 6.72. The van der Waals surface area contributed by atoms with Gasteiger partial charge in [0.05, 0.1) is 0 Å². The summed E-state index contributed by atoms with van der Waals surface area (Å²) in [7, 11) is 0. The lowest BCUT2D eigenvalue weighted by molar-refractivity contribution is -0.183. The maximum Gasteiger partial charge on any atom is 0.402 e. The van der Waals surface area contributed by atoms with Crippen LogP contribution in [0.3, 0.4) is 0 Å². The summed E-state index contributed by atoms with van der Waals surface area (Å²) in [6, 6.07) is 14.8. The van der Waals surface area contributed by atoms with Crippen molar-refractivity contribution in [3.63, 3.8) is 0 Å². The SMILES string of the molecule is C=CCn1cc(C(c2cn(CC=C)c3ccccc23)(C2CC2)C(F)(F)F)c2ccccc21. The van der Waals surface area contributed by atoms with Gasteiger partial charge >= 0.3 is 6.18 Å². The summed E-state index contributed by atoms with van der Waals surface area (Å²) in [5, 5.41) is 1.30. The maximum atomic E-state index is 15.4. The summed E-state index contributed by atoms with van der Waals surface area (Å²) in [6.45, 7) is 8.51. The zero-order valence-electron chi connectivity index (χ0n) is 17.8. The predicted octanol–water partition coefficient (Wildman–Crippen LogP) is 7.23. The number of halogens is 3. The number of allylic oxidation sites excluding steroid dienone is 2. The molecule has 0 bridgehead atoms. The molecule has 0 atom stereocenters. The number of aromatic nitrogens is 2. The molecule has 5 rings (SSSR count). The number of nitrogens with zero attached hydrogens (tertiary/aromatic N) is 2. The lowest BCUT2D eigenvalue weighted by Gasteiger charge is -2.36. The molecule has 0 amide bonds. The Labute approximate surface area is 185 Å². The molecule has 0 aliphatic heterocycles. The highest BCUT2D eigenvalue weighted by atomic mass is 19.4. The van der Waals surface area contributed by atoms with E-state index in [0.717, 1.165) is 11.0 Å². The first-order valence-electron chi connectivity index (χ1n) is 10.9. The van der Waals surface area contributed by atoms with E-state index in [9.17, 15) is 0 Å². The van der Waals surface area contributed by atoms with E-state index in [1.54, 1.807) is 24.5 Å². The van der Waals surface area contributed by atoms with Crippen molar-refractivity contribution in [3.8, 4) is 0 Å². The maximum absolute atomic E-state index is 15.4. The largest absolute Gasteiger partial charge is 0.402 e. The van der Waals surface area contributed by atoms with Gasteiger partial charge in [0, 0.05) is 47.3 Å². The van der Waals surface area contributed by atoms with Crippen LogP contribution in [-0.4, -0.2) is 15.3 Å². The van der Waals surface area contributed by atoms with Crippen molar-refractivity contribution in [1.82, 2.24) is 9.13 Å². The van der Waals surface area contributed by atoms with Crippen LogP contribution in [0.2, 0.25) is 0 Å². The topological polar surface area (TPSA) is 9.86 Å². The van der Waals surface area contributed by atoms with Crippen molar-refractivity contribution in [1.29, 1.82) is 0 Å². The zero-order valence-corrected chi connectivity index (χ0v) is 17.8. The summed E-state index contributed by atoms with van der Waals surface area (Å²) in [4.78, 5) is 0. The molecule has 1 aliphatic carbocycles. The molecule has 0 saturated heterocycles. The molecule has 4 aromatic rings. The van der Waals surface area contributed by atoms with E-state index in [2.05, 4.69) is 13.2 Å². The Bertz CT molecular complexity index is 1230. The van der Waals surface area contributed by atoms with Crippen LogP contribution in [0.15, 0.2) is 86.2 Å². The van der Waals surface area contributed by atoms with Crippen molar-refractivity contribution in [2.75, 3.05) is 0 Å². The third-order valence-corrected chi connectivity index (χ3v) is 6.72. The summed E-state index contributed by atoms with van der Waals surface area (Å²) in [5.74, 6) is -0.492. The first kappa shape index (κ1) is 20.7. The fraction of sp³-hybridized carbons (Fsp3) is 0.259. The molecule has 1 aliphatic rings. The highest BCUT2D eigenvalue weighted by molar-refractivity contribution is 5.91. The fourth-order valence-electron chi connectivity index (χ4n) is 5.34. The molecule has 2 aromatic carbocycles. The van der Waals surface area contributed by atoms with Crippen molar-refractivity contribution < 1.29 is 13.2 Å². The number of alkyl halides is 3. The summed E-state index contributed by atoms with van der Waals surface area (Å²) in [5.41, 5.74) is 0.196. The van der Waals surface area contributed by atoms with Gasteiger partial charge in [0.1, 0.15) is 5.41 Å². The van der Waals surface area contributed by atoms with Crippen molar-refractivity contribution in [2.24, 2.45) is 5.92 Å². The number of para-hydroxylation sites is 2. The van der Waals surface area contributed by atoms with Gasteiger partial charge in [0.2, 0.25) is 0 Å². The fourth-order valence-corrected chi connectivity index (χ4v) is 5.34. The number of benzene rings is 2. The molecule has 1 fully saturated rings. The summed E-state index contributed by atoms with van der Waals surface area (Å²) in [6.07, 6.45) is 3.51. The molecule has 5 heteroatoms. The Hall–Kier alpha value is -3.21. The Balaban J connectivity index is 1.91. The summed E-state index contributed by atoms with van der Waals surface area (Å²) >= 11 is 0. The second-order valence-corrected chi connectivity index (χ2v) is 8.58. The lowest BCUT2D eigenvalue weighted by Crippen LogP contribution is -2.45. The normalized spacial score (nSPS) is 14.8. The van der Waals surface area contributed by atoms with Gasteiger partial charge in [-0.2, -0.15) is 13.2 Å². The molecule has 0 N–H and O–H groups in total. The third kappa shape index (κ3) is 2.87. The Morgan fingerprint density at radius 2 is 1.22 bits per heavy atom. The lowest BCUT2D eigenvalue weighted by atomic mass is 9.69. The van der Waals surface area contributed by atoms with Gasteiger partial charge in [-0.25, -0.2) is 0 Å². The molecule has 1 saturated carbocycles. The van der Waals surface area contributed by atoms with E-state index < -0.39 is 17.5 Å². The van der Waals surface area contributed by atoms with E-state index in [1.807, 2.05) is 57.7 Å². The van der Waals surface area contributed by atoms with Crippen LogP contribution in [0, 0.1) is 5.92 Å². The van der Waals surface area contributed by atoms with Gasteiger partial charge in [-0.15, -0.1) is 13.2 Å². The van der Waals surface area contributed by atoms with E-state index in [4.69, 9.17) is 0 Å². The van der Waals surface area contributed by atoms with Gasteiger partial charge < -0.3 is 9.13 Å². The van der Waals surface area contributed by atoms with Crippen LogP contribution in [-0.2, 0) is 18.5 Å². The van der Waals surface area contributed by atoms with Gasteiger partial charge in [0.25, 0.3) is 0 Å². The molecule has 2 nitrogen and oxygen atoms in total. The Morgan fingerprint density at radius 1 is 0.781 bits per heavy atom. The number of hydrogen-bond donors (Lipinski definition) is 0. The first-order chi connectivity index (χ1) is 15.4. The Morgan fingerprint density at radius 3 is 1.59 bits per heavy atom. The molecule has 0 spiro atoms. The number of hydrogen-bond acceptors (Lipinski definition) is 0. The predicted molar refractivity (Wildman–Crippen MR) is 124 cm³/mol. The molecule has 2 heterocycles. The highest BCUT2D eigenvalue weighted by Gasteiger charge is 2.66. The average Bonchev–Trinajstić information content (AvgIpc) is 3.47. The zero-order chi connectivity index (χ0) is 22.5. The molecule has 2 aromatic heterocycles. The summed E-state index contributed by atoms with van der Waals surface area (Å²) < 4.78 is 50.0. The average molecular weight is 435 g/mol. The first-order valence-corrected chi connectivity index (χ1v) is 10.9. The van der Waals surface area contributed by atoms with Crippen LogP contribution < -0.4 is 0 Å². The number of rotatable bonds is 7. The molecule has 0 unspecified atom stereocenters.